The van der Waals surface area contributed by atoms with Gasteiger partial charge in [-0.25, -0.2) is 13.1 Å². The smallest absolute Gasteiger partial charge is 0.243 e. The lowest BCUT2D eigenvalue weighted by atomic mass is 10.2. The first-order valence-corrected chi connectivity index (χ1v) is 12.5. The molecule has 0 amide bonds. The standard InChI is InChI=1S/C20H24ClN5O3S2/c1-3-25(4-2)31(27,28)18-7-5-6-15(14-18)19-23-24-20(26(19)22)30-13-12-29-17-10-8-16(21)9-11-17/h5-11,14H,3-4,12-13,22H2,1-2H3. The van der Waals surface area contributed by atoms with Gasteiger partial charge >= 0.3 is 0 Å². The summed E-state index contributed by atoms with van der Waals surface area (Å²) in [6.45, 7) is 4.86. The van der Waals surface area contributed by atoms with E-state index in [0.717, 1.165) is 5.75 Å². The Kier molecular flexibility index (Phi) is 7.82. The Morgan fingerprint density at radius 2 is 1.84 bits per heavy atom. The van der Waals surface area contributed by atoms with E-state index < -0.39 is 10.0 Å². The highest BCUT2D eigenvalue weighted by Gasteiger charge is 2.23. The number of ether oxygens (including phenoxy) is 1. The number of nitrogen functional groups attached to an aromatic ring is 1. The molecule has 3 aromatic rings. The molecule has 0 fully saturated rings. The molecular formula is C20H24ClN5O3S2. The van der Waals surface area contributed by atoms with Crippen molar-refractivity contribution in [3.63, 3.8) is 0 Å². The summed E-state index contributed by atoms with van der Waals surface area (Å²) in [5.74, 6) is 7.89. The summed E-state index contributed by atoms with van der Waals surface area (Å²) in [7, 11) is -3.58. The lowest BCUT2D eigenvalue weighted by molar-refractivity contribution is 0.344. The summed E-state index contributed by atoms with van der Waals surface area (Å²) in [6.07, 6.45) is 0. The summed E-state index contributed by atoms with van der Waals surface area (Å²) in [4.78, 5) is 0.197. The van der Waals surface area contributed by atoms with E-state index in [2.05, 4.69) is 10.2 Å². The summed E-state index contributed by atoms with van der Waals surface area (Å²) in [5, 5.41) is 9.43. The number of halogens is 1. The number of benzene rings is 2. The molecular weight excluding hydrogens is 458 g/mol. The molecule has 0 aliphatic rings. The van der Waals surface area contributed by atoms with Crippen molar-refractivity contribution in [2.75, 3.05) is 31.3 Å². The average Bonchev–Trinajstić information content (AvgIpc) is 3.13. The number of hydrogen-bond acceptors (Lipinski definition) is 7. The molecule has 0 aliphatic carbocycles. The monoisotopic (exact) mass is 481 g/mol. The first-order valence-electron chi connectivity index (χ1n) is 9.69. The van der Waals surface area contributed by atoms with Crippen molar-refractivity contribution in [2.24, 2.45) is 0 Å². The molecule has 0 atom stereocenters. The second-order valence-corrected chi connectivity index (χ2v) is 9.88. The quantitative estimate of drug-likeness (QED) is 0.268. The zero-order valence-corrected chi connectivity index (χ0v) is 19.6. The van der Waals surface area contributed by atoms with Crippen LogP contribution >= 0.6 is 23.4 Å². The van der Waals surface area contributed by atoms with Crippen LogP contribution < -0.4 is 10.6 Å². The Balaban J connectivity index is 1.69. The largest absolute Gasteiger partial charge is 0.493 e. The second-order valence-electron chi connectivity index (χ2n) is 6.44. The third-order valence-corrected chi connectivity index (χ3v) is 7.70. The highest BCUT2D eigenvalue weighted by molar-refractivity contribution is 7.99. The van der Waals surface area contributed by atoms with Crippen molar-refractivity contribution in [2.45, 2.75) is 23.9 Å². The highest BCUT2D eigenvalue weighted by Crippen LogP contribution is 2.25. The maximum atomic E-state index is 12.8. The van der Waals surface area contributed by atoms with Crippen LogP contribution in [0.3, 0.4) is 0 Å². The van der Waals surface area contributed by atoms with E-state index in [1.165, 1.54) is 20.7 Å². The van der Waals surface area contributed by atoms with E-state index in [1.54, 1.807) is 48.5 Å². The van der Waals surface area contributed by atoms with Gasteiger partial charge in [0.2, 0.25) is 15.2 Å². The molecule has 2 N–H and O–H groups in total. The van der Waals surface area contributed by atoms with E-state index >= 15 is 0 Å². The molecule has 0 saturated carbocycles. The molecule has 31 heavy (non-hydrogen) atoms. The van der Waals surface area contributed by atoms with Gasteiger partial charge in [-0.1, -0.05) is 49.3 Å². The van der Waals surface area contributed by atoms with Crippen LogP contribution in [0, 0.1) is 0 Å². The molecule has 0 radical (unpaired) electrons. The van der Waals surface area contributed by atoms with Crippen LogP contribution in [-0.2, 0) is 10.0 Å². The molecule has 1 heterocycles. The fraction of sp³-hybridized carbons (Fsp3) is 0.300. The van der Waals surface area contributed by atoms with Gasteiger partial charge in [0.15, 0.2) is 5.82 Å². The Bertz CT molecular complexity index is 1120. The zero-order chi connectivity index (χ0) is 22.4. The predicted octanol–water partition coefficient (Wildman–Crippen LogP) is 3.51. The van der Waals surface area contributed by atoms with E-state index in [9.17, 15) is 8.42 Å². The summed E-state index contributed by atoms with van der Waals surface area (Å²) < 4.78 is 34.0. The van der Waals surface area contributed by atoms with Gasteiger partial charge in [0, 0.05) is 29.4 Å². The zero-order valence-electron chi connectivity index (χ0n) is 17.2. The fourth-order valence-electron chi connectivity index (χ4n) is 2.90. The Labute approximate surface area is 191 Å². The molecule has 0 aliphatic heterocycles. The van der Waals surface area contributed by atoms with Gasteiger partial charge < -0.3 is 10.6 Å². The third-order valence-electron chi connectivity index (χ3n) is 4.50. The third kappa shape index (κ3) is 5.51. The molecule has 8 nitrogen and oxygen atoms in total. The number of aromatic nitrogens is 3. The number of rotatable bonds is 10. The van der Waals surface area contributed by atoms with E-state index in [4.69, 9.17) is 22.2 Å². The maximum Gasteiger partial charge on any atom is 0.243 e. The molecule has 2 aromatic carbocycles. The Hall–Kier alpha value is -2.27. The van der Waals surface area contributed by atoms with Crippen molar-refractivity contribution >= 4 is 33.4 Å². The minimum absolute atomic E-state index is 0.197. The van der Waals surface area contributed by atoms with E-state index in [-0.39, 0.29) is 4.90 Å². The van der Waals surface area contributed by atoms with Gasteiger partial charge in [-0.3, -0.25) is 0 Å². The number of nitrogens with zero attached hydrogens (tertiary/aromatic N) is 4. The van der Waals surface area contributed by atoms with Crippen molar-refractivity contribution in [3.8, 4) is 17.1 Å². The number of sulfonamides is 1. The van der Waals surface area contributed by atoms with Gasteiger partial charge in [-0.05, 0) is 36.4 Å². The molecule has 166 valence electrons. The normalized spacial score (nSPS) is 11.7. The molecule has 3 rings (SSSR count). The van der Waals surface area contributed by atoms with Crippen LogP contribution in [-0.4, -0.2) is 53.0 Å². The van der Waals surface area contributed by atoms with Gasteiger partial charge in [0.25, 0.3) is 0 Å². The Morgan fingerprint density at radius 3 is 2.52 bits per heavy atom. The molecule has 11 heteroatoms. The average molecular weight is 482 g/mol. The van der Waals surface area contributed by atoms with Crippen LogP contribution in [0.4, 0.5) is 0 Å². The lowest BCUT2D eigenvalue weighted by Gasteiger charge is -2.18. The van der Waals surface area contributed by atoms with Crippen molar-refractivity contribution in [1.82, 2.24) is 19.2 Å². The summed E-state index contributed by atoms with van der Waals surface area (Å²) in [5.41, 5.74) is 0.576. The highest BCUT2D eigenvalue weighted by atomic mass is 35.5. The van der Waals surface area contributed by atoms with Crippen LogP contribution in [0.1, 0.15) is 13.8 Å². The van der Waals surface area contributed by atoms with Crippen LogP contribution in [0.15, 0.2) is 58.6 Å². The number of hydrogen-bond donors (Lipinski definition) is 1. The summed E-state index contributed by atoms with van der Waals surface area (Å²) in [6, 6.07) is 13.7. The summed E-state index contributed by atoms with van der Waals surface area (Å²) >= 11 is 7.25. The van der Waals surface area contributed by atoms with Gasteiger partial charge in [0.1, 0.15) is 5.75 Å². The van der Waals surface area contributed by atoms with Crippen molar-refractivity contribution in [3.05, 3.63) is 53.6 Å². The minimum Gasteiger partial charge on any atom is -0.493 e. The van der Waals surface area contributed by atoms with Crippen molar-refractivity contribution in [1.29, 1.82) is 0 Å². The van der Waals surface area contributed by atoms with Crippen LogP contribution in [0.25, 0.3) is 11.4 Å². The molecule has 0 bridgehead atoms. The van der Waals surface area contributed by atoms with E-state index in [0.29, 0.717) is 47.0 Å². The van der Waals surface area contributed by atoms with E-state index in [1.807, 2.05) is 13.8 Å². The SMILES string of the molecule is CCN(CC)S(=O)(=O)c1cccc(-c2nnc(SCCOc3ccc(Cl)cc3)n2N)c1. The van der Waals surface area contributed by atoms with Gasteiger partial charge in [0.05, 0.1) is 11.5 Å². The first-order chi connectivity index (χ1) is 14.9. The van der Waals surface area contributed by atoms with Crippen molar-refractivity contribution < 1.29 is 13.2 Å². The second kappa shape index (κ2) is 10.4. The lowest BCUT2D eigenvalue weighted by Crippen LogP contribution is -2.30. The van der Waals surface area contributed by atoms with Crippen LogP contribution in [0.2, 0.25) is 5.02 Å². The molecule has 0 unspecified atom stereocenters. The molecule has 1 aromatic heterocycles. The van der Waals surface area contributed by atoms with Gasteiger partial charge in [-0.15, -0.1) is 10.2 Å². The van der Waals surface area contributed by atoms with Crippen LogP contribution in [0.5, 0.6) is 5.75 Å². The number of thioether (sulfide) groups is 1. The Morgan fingerprint density at radius 1 is 1.13 bits per heavy atom. The topological polar surface area (TPSA) is 103 Å². The fourth-order valence-corrected chi connectivity index (χ4v) is 5.21. The van der Waals surface area contributed by atoms with Gasteiger partial charge in [-0.2, -0.15) is 4.31 Å². The number of nitrogens with two attached hydrogens (primary N) is 1. The first kappa shape index (κ1) is 23.4. The maximum absolute atomic E-state index is 12.8. The molecule has 0 saturated heterocycles. The predicted molar refractivity (Wildman–Crippen MR) is 123 cm³/mol. The molecule has 0 spiro atoms. The minimum atomic E-state index is -3.58.